The molecule has 2 rings (SSSR count). The van der Waals surface area contributed by atoms with Gasteiger partial charge in [-0.25, -0.2) is 0 Å². The molecule has 1 aromatic rings. The van der Waals surface area contributed by atoms with E-state index in [1.807, 2.05) is 13.2 Å². The molecule has 1 aliphatic carbocycles. The Hall–Kier alpha value is -1.02. The Bertz CT molecular complexity index is 287. The highest BCUT2D eigenvalue weighted by Crippen LogP contribution is 2.37. The number of rotatable bonds is 5. The van der Waals surface area contributed by atoms with Crippen LogP contribution in [0, 0.1) is 0 Å². The number of benzene rings is 1. The first-order valence-electron chi connectivity index (χ1n) is 5.69. The van der Waals surface area contributed by atoms with Gasteiger partial charge in [0.2, 0.25) is 0 Å². The molecule has 0 unspecified atom stereocenters. The van der Waals surface area contributed by atoms with E-state index in [0.717, 1.165) is 13.0 Å². The molecule has 0 bridgehead atoms. The van der Waals surface area contributed by atoms with Crippen LogP contribution in [0.5, 0.6) is 0 Å². The van der Waals surface area contributed by atoms with Crippen LogP contribution < -0.4 is 5.32 Å². The van der Waals surface area contributed by atoms with Crippen molar-refractivity contribution < 1.29 is 4.74 Å². The predicted molar refractivity (Wildman–Crippen MR) is 63.1 cm³/mol. The fourth-order valence-electron chi connectivity index (χ4n) is 2.12. The largest absolute Gasteiger partial charge is 0.385 e. The minimum absolute atomic E-state index is 0.182. The van der Waals surface area contributed by atoms with Gasteiger partial charge in [-0.15, -0.1) is 0 Å². The molecule has 0 spiro atoms. The number of hydrogen-bond acceptors (Lipinski definition) is 2. The van der Waals surface area contributed by atoms with Gasteiger partial charge in [-0.2, -0.15) is 0 Å². The molecule has 0 saturated heterocycles. The summed E-state index contributed by atoms with van der Waals surface area (Å²) < 4.78 is 5.57. The van der Waals surface area contributed by atoms with Gasteiger partial charge in [-0.3, -0.25) is 0 Å². The van der Waals surface area contributed by atoms with Crippen LogP contribution >= 0.6 is 0 Å². The Morgan fingerprint density at radius 1 is 1.27 bits per heavy atom. The number of para-hydroxylation sites is 1. The first-order chi connectivity index (χ1) is 7.35. The third-order valence-electron chi connectivity index (χ3n) is 3.38. The zero-order valence-corrected chi connectivity index (χ0v) is 9.33. The minimum atomic E-state index is 0.182. The molecule has 82 valence electrons. The molecule has 1 N–H and O–H groups in total. The first-order valence-corrected chi connectivity index (χ1v) is 5.69. The predicted octanol–water partition coefficient (Wildman–Crippen LogP) is 3.06. The van der Waals surface area contributed by atoms with Crippen LogP contribution in [0.3, 0.4) is 0 Å². The second-order valence-electron chi connectivity index (χ2n) is 4.28. The van der Waals surface area contributed by atoms with Crippen LogP contribution in [0.4, 0.5) is 5.69 Å². The average molecular weight is 205 g/mol. The number of ether oxygens (including phenoxy) is 1. The van der Waals surface area contributed by atoms with Crippen molar-refractivity contribution in [1.29, 1.82) is 0 Å². The van der Waals surface area contributed by atoms with E-state index in [2.05, 4.69) is 29.6 Å². The third kappa shape index (κ3) is 2.51. The number of anilines is 1. The smallest absolute Gasteiger partial charge is 0.0695 e. The van der Waals surface area contributed by atoms with Crippen molar-refractivity contribution in [2.75, 3.05) is 19.0 Å². The van der Waals surface area contributed by atoms with Crippen LogP contribution in [0.2, 0.25) is 0 Å². The fourth-order valence-corrected chi connectivity index (χ4v) is 2.12. The summed E-state index contributed by atoms with van der Waals surface area (Å²) in [5, 5.41) is 3.42. The average Bonchev–Trinajstić information content (AvgIpc) is 2.24. The summed E-state index contributed by atoms with van der Waals surface area (Å²) in [6.45, 7) is 0.998. The SMILES string of the molecule is COC1(CCNc2ccccc2)CCC1. The summed E-state index contributed by atoms with van der Waals surface area (Å²) in [6, 6.07) is 10.3. The van der Waals surface area contributed by atoms with Gasteiger partial charge in [0.05, 0.1) is 5.60 Å². The van der Waals surface area contributed by atoms with Crippen LogP contribution in [0.25, 0.3) is 0 Å². The fraction of sp³-hybridized carbons (Fsp3) is 0.538. The summed E-state index contributed by atoms with van der Waals surface area (Å²) in [4.78, 5) is 0. The number of methoxy groups -OCH3 is 1. The Morgan fingerprint density at radius 3 is 2.53 bits per heavy atom. The second-order valence-corrected chi connectivity index (χ2v) is 4.28. The number of nitrogens with one attached hydrogen (secondary N) is 1. The maximum Gasteiger partial charge on any atom is 0.0695 e. The lowest BCUT2D eigenvalue weighted by Crippen LogP contribution is -2.40. The van der Waals surface area contributed by atoms with E-state index in [9.17, 15) is 0 Å². The molecule has 1 saturated carbocycles. The van der Waals surface area contributed by atoms with Gasteiger partial charge >= 0.3 is 0 Å². The van der Waals surface area contributed by atoms with Crippen molar-refractivity contribution in [2.45, 2.75) is 31.3 Å². The van der Waals surface area contributed by atoms with E-state index in [1.54, 1.807) is 0 Å². The van der Waals surface area contributed by atoms with E-state index in [1.165, 1.54) is 24.9 Å². The third-order valence-corrected chi connectivity index (χ3v) is 3.38. The molecule has 15 heavy (non-hydrogen) atoms. The van der Waals surface area contributed by atoms with Gasteiger partial charge in [0.15, 0.2) is 0 Å². The Morgan fingerprint density at radius 2 is 2.00 bits per heavy atom. The van der Waals surface area contributed by atoms with E-state index in [4.69, 9.17) is 4.74 Å². The lowest BCUT2D eigenvalue weighted by atomic mass is 9.77. The van der Waals surface area contributed by atoms with Crippen molar-refractivity contribution in [1.82, 2.24) is 0 Å². The number of hydrogen-bond donors (Lipinski definition) is 1. The van der Waals surface area contributed by atoms with E-state index >= 15 is 0 Å². The van der Waals surface area contributed by atoms with E-state index in [0.29, 0.717) is 0 Å². The van der Waals surface area contributed by atoms with E-state index < -0.39 is 0 Å². The van der Waals surface area contributed by atoms with Crippen LogP contribution in [-0.2, 0) is 4.74 Å². The lowest BCUT2D eigenvalue weighted by molar-refractivity contribution is -0.0748. The topological polar surface area (TPSA) is 21.3 Å². The maximum atomic E-state index is 5.57. The van der Waals surface area contributed by atoms with Crippen LogP contribution in [-0.4, -0.2) is 19.3 Å². The zero-order chi connectivity index (χ0) is 10.6. The van der Waals surface area contributed by atoms with Crippen molar-refractivity contribution in [3.05, 3.63) is 30.3 Å². The van der Waals surface area contributed by atoms with Gasteiger partial charge in [0.25, 0.3) is 0 Å². The van der Waals surface area contributed by atoms with Crippen molar-refractivity contribution in [3.8, 4) is 0 Å². The Kier molecular flexibility index (Phi) is 3.27. The van der Waals surface area contributed by atoms with Gasteiger partial charge < -0.3 is 10.1 Å². The molecule has 2 heteroatoms. The summed E-state index contributed by atoms with van der Waals surface area (Å²) >= 11 is 0. The minimum Gasteiger partial charge on any atom is -0.385 e. The Labute approximate surface area is 91.6 Å². The highest BCUT2D eigenvalue weighted by molar-refractivity contribution is 5.42. The molecule has 0 aliphatic heterocycles. The monoisotopic (exact) mass is 205 g/mol. The van der Waals surface area contributed by atoms with Gasteiger partial charge in [-0.05, 0) is 37.8 Å². The zero-order valence-electron chi connectivity index (χ0n) is 9.33. The lowest BCUT2D eigenvalue weighted by Gasteiger charge is -2.40. The molecule has 2 nitrogen and oxygen atoms in total. The molecule has 0 amide bonds. The highest BCUT2D eigenvalue weighted by atomic mass is 16.5. The molecule has 1 aliphatic rings. The quantitative estimate of drug-likeness (QED) is 0.797. The molecule has 0 aromatic heterocycles. The summed E-state index contributed by atoms with van der Waals surface area (Å²) in [7, 11) is 1.83. The molecular formula is C13H19NO. The van der Waals surface area contributed by atoms with Crippen molar-refractivity contribution >= 4 is 5.69 Å². The summed E-state index contributed by atoms with van der Waals surface area (Å²) in [5.41, 5.74) is 1.38. The normalized spacial score (nSPS) is 18.2. The van der Waals surface area contributed by atoms with Gasteiger partial charge in [-0.1, -0.05) is 18.2 Å². The maximum absolute atomic E-state index is 5.57. The molecular weight excluding hydrogens is 186 g/mol. The first kappa shape index (κ1) is 10.5. The molecule has 1 aromatic carbocycles. The molecule has 0 radical (unpaired) electrons. The van der Waals surface area contributed by atoms with Gasteiger partial charge in [0.1, 0.15) is 0 Å². The standard InChI is InChI=1S/C13H19NO/c1-15-13(8-5-9-13)10-11-14-12-6-3-2-4-7-12/h2-4,6-7,14H,5,8-11H2,1H3. The van der Waals surface area contributed by atoms with Gasteiger partial charge in [0, 0.05) is 19.3 Å². The van der Waals surface area contributed by atoms with Crippen molar-refractivity contribution in [2.24, 2.45) is 0 Å². The summed E-state index contributed by atoms with van der Waals surface area (Å²) in [5.74, 6) is 0. The Balaban J connectivity index is 1.75. The van der Waals surface area contributed by atoms with E-state index in [-0.39, 0.29) is 5.60 Å². The summed E-state index contributed by atoms with van der Waals surface area (Å²) in [6.07, 6.45) is 4.87. The van der Waals surface area contributed by atoms with Crippen LogP contribution in [0.15, 0.2) is 30.3 Å². The van der Waals surface area contributed by atoms with Crippen molar-refractivity contribution in [3.63, 3.8) is 0 Å². The second kappa shape index (κ2) is 4.67. The molecule has 0 atom stereocenters. The molecule has 1 fully saturated rings. The molecule has 0 heterocycles. The van der Waals surface area contributed by atoms with Crippen LogP contribution in [0.1, 0.15) is 25.7 Å². The highest BCUT2D eigenvalue weighted by Gasteiger charge is 2.36.